The first kappa shape index (κ1) is 9.83. The van der Waals surface area contributed by atoms with Crippen LogP contribution in [0.1, 0.15) is 41.3 Å². The number of nitrogens with zero attached hydrogens (tertiary/aromatic N) is 2. The highest BCUT2D eigenvalue weighted by atomic mass is 15.0. The van der Waals surface area contributed by atoms with Gasteiger partial charge in [0.15, 0.2) is 0 Å². The number of hydrogen-bond donors (Lipinski definition) is 0. The van der Waals surface area contributed by atoms with Crippen LogP contribution in [0, 0.1) is 13.7 Å². The molecule has 2 heterocycles. The summed E-state index contributed by atoms with van der Waals surface area (Å²) in [6, 6.07) is -2.95. The van der Waals surface area contributed by atoms with Gasteiger partial charge in [-0.05, 0) is 84.4 Å². The highest BCUT2D eigenvalue weighted by molar-refractivity contribution is 6.10. The molecule has 0 spiro atoms. The van der Waals surface area contributed by atoms with Crippen LogP contribution >= 0.6 is 0 Å². The van der Waals surface area contributed by atoms with Gasteiger partial charge in [-0.15, -0.1) is 0 Å². The molecule has 0 aliphatic rings. The molecule has 0 radical (unpaired) electrons. The Morgan fingerprint density at radius 2 is 0.775 bits per heavy atom. The minimum absolute atomic E-state index is 0.101. The molecule has 190 valence electrons. The van der Waals surface area contributed by atoms with Crippen molar-refractivity contribution in [2.24, 2.45) is 0 Å². The van der Waals surface area contributed by atoms with Gasteiger partial charge in [-0.1, -0.05) is 84.6 Å². The monoisotopic (exact) mass is 534 g/mol. The van der Waals surface area contributed by atoms with Gasteiger partial charge in [-0.25, -0.2) is 0 Å². The third-order valence-corrected chi connectivity index (χ3v) is 6.88. The Morgan fingerprint density at radius 1 is 0.450 bits per heavy atom. The van der Waals surface area contributed by atoms with Crippen molar-refractivity contribution in [2.75, 3.05) is 0 Å². The van der Waals surface area contributed by atoms with Crippen LogP contribution in [-0.4, -0.2) is 9.13 Å². The van der Waals surface area contributed by atoms with Crippen molar-refractivity contribution in [1.82, 2.24) is 9.13 Å². The molecule has 0 N–H and O–H groups in total. The van der Waals surface area contributed by atoms with Crippen molar-refractivity contribution in [1.29, 1.82) is 0 Å². The van der Waals surface area contributed by atoms with Crippen LogP contribution < -0.4 is 0 Å². The van der Waals surface area contributed by atoms with Crippen LogP contribution in [0.5, 0.6) is 0 Å². The van der Waals surface area contributed by atoms with Gasteiger partial charge in [0.2, 0.25) is 0 Å². The zero-order valence-corrected chi connectivity index (χ0v) is 20.4. The minimum Gasteiger partial charge on any atom is -0.309 e. The maximum Gasteiger partial charge on any atom is 0.0645 e. The van der Waals surface area contributed by atoms with Gasteiger partial charge in [-0.2, -0.15) is 0 Å². The van der Waals surface area contributed by atoms with E-state index in [1.54, 1.807) is 0 Å². The summed E-state index contributed by atoms with van der Waals surface area (Å²) in [5, 5.41) is -0.953. The first-order valence-corrected chi connectivity index (χ1v) is 12.1. The normalized spacial score (nSPS) is 20.2. The Balaban J connectivity index is 1.47. The summed E-state index contributed by atoms with van der Waals surface area (Å²) in [7, 11) is 0. The number of para-hydroxylation sites is 4. The van der Waals surface area contributed by atoms with Crippen LogP contribution in [0.4, 0.5) is 0 Å². The maximum absolute atomic E-state index is 8.83. The van der Waals surface area contributed by atoms with Gasteiger partial charge < -0.3 is 9.13 Å². The third-order valence-electron chi connectivity index (χ3n) is 6.88. The zero-order valence-electron chi connectivity index (χ0n) is 42.4. The molecule has 8 aromatic rings. The summed E-state index contributed by atoms with van der Waals surface area (Å²) in [5.74, 6) is 0. The second-order valence-corrected chi connectivity index (χ2v) is 9.03. The minimum atomic E-state index is -3.02. The summed E-state index contributed by atoms with van der Waals surface area (Å²) in [6.45, 7) is -6.04. The number of fused-ring (bicyclic) bond motifs is 6. The number of rotatable bonds is 3. The standard InChI is InChI=1S/C38H28N2/c1-25-23-27(39-35-15-7-3-11-31(35)32-12-4-8-16-36(32)39)19-21-29(25)30-22-20-28(24-26(30)2)40-37-17-9-5-13-33(37)34-14-6-10-18-38(34)40/h3-24H,1-2H3/i1D3,2D3,3D,4D,5D,6D,7D,8D,9D,10D,11D,12D,13D,14D,15D,16D,17D,18D. The van der Waals surface area contributed by atoms with Gasteiger partial charge in [0.25, 0.3) is 0 Å². The molecule has 0 saturated carbocycles. The molecule has 0 fully saturated rings. The zero-order chi connectivity index (χ0) is 45.7. The van der Waals surface area contributed by atoms with Gasteiger partial charge in [0, 0.05) is 41.1 Å². The lowest BCUT2D eigenvalue weighted by Crippen LogP contribution is -1.98. The lowest BCUT2D eigenvalue weighted by molar-refractivity contribution is 1.16. The second-order valence-electron chi connectivity index (χ2n) is 9.03. The molecule has 2 nitrogen and oxygen atoms in total. The summed E-state index contributed by atoms with van der Waals surface area (Å²) in [6.07, 6.45) is 0. The molecule has 6 aromatic carbocycles. The molecule has 8 rings (SSSR count). The molecule has 0 aliphatic heterocycles. The number of aromatic nitrogens is 2. The Labute approximate surface area is 264 Å². The summed E-state index contributed by atoms with van der Waals surface area (Å²) >= 11 is 0. The fourth-order valence-electron chi connectivity index (χ4n) is 5.17. The van der Waals surface area contributed by atoms with Gasteiger partial charge in [-0.3, -0.25) is 0 Å². The highest BCUT2D eigenvalue weighted by Crippen LogP contribution is 2.36. The van der Waals surface area contributed by atoms with Crippen molar-refractivity contribution in [3.8, 4) is 22.5 Å². The van der Waals surface area contributed by atoms with Crippen molar-refractivity contribution >= 4 is 43.6 Å². The molecule has 0 atom stereocenters. The van der Waals surface area contributed by atoms with Crippen molar-refractivity contribution in [3.63, 3.8) is 0 Å². The van der Waals surface area contributed by atoms with E-state index in [-0.39, 0.29) is 66.1 Å². The van der Waals surface area contributed by atoms with Crippen LogP contribution in [-0.2, 0) is 0 Å². The lowest BCUT2D eigenvalue weighted by Gasteiger charge is -2.15. The van der Waals surface area contributed by atoms with Gasteiger partial charge in [0.1, 0.15) is 0 Å². The molecule has 0 aliphatic carbocycles. The van der Waals surface area contributed by atoms with E-state index >= 15 is 0 Å². The average molecular weight is 535 g/mol. The number of aryl methyl sites for hydroxylation is 2. The van der Waals surface area contributed by atoms with Crippen LogP contribution in [0.25, 0.3) is 66.1 Å². The second kappa shape index (κ2) is 8.72. The Bertz CT molecular complexity index is 2960. The van der Waals surface area contributed by atoms with Crippen LogP contribution in [0.3, 0.4) is 0 Å². The smallest absolute Gasteiger partial charge is 0.0645 e. The topological polar surface area (TPSA) is 9.86 Å². The largest absolute Gasteiger partial charge is 0.309 e. The Kier molecular flexibility index (Phi) is 2.14. The van der Waals surface area contributed by atoms with Gasteiger partial charge >= 0.3 is 0 Å². The van der Waals surface area contributed by atoms with Crippen molar-refractivity contribution < 1.29 is 30.2 Å². The molecule has 40 heavy (non-hydrogen) atoms. The van der Waals surface area contributed by atoms with E-state index in [1.165, 1.54) is 24.3 Å². The molecule has 0 bridgehead atoms. The van der Waals surface area contributed by atoms with E-state index in [0.717, 1.165) is 21.3 Å². The molecule has 0 saturated heterocycles. The van der Waals surface area contributed by atoms with E-state index in [9.17, 15) is 0 Å². The summed E-state index contributed by atoms with van der Waals surface area (Å²) in [4.78, 5) is 0. The predicted molar refractivity (Wildman–Crippen MR) is 170 cm³/mol. The molecule has 0 unspecified atom stereocenters. The highest BCUT2D eigenvalue weighted by Gasteiger charge is 2.15. The van der Waals surface area contributed by atoms with Gasteiger partial charge in [0.05, 0.1) is 44.0 Å². The molecule has 0 amide bonds. The Hall–Kier alpha value is -5.08. The van der Waals surface area contributed by atoms with Crippen LogP contribution in [0.15, 0.2) is 133 Å². The van der Waals surface area contributed by atoms with Crippen molar-refractivity contribution in [2.45, 2.75) is 13.7 Å². The van der Waals surface area contributed by atoms with Crippen LogP contribution in [0.2, 0.25) is 0 Å². The van der Waals surface area contributed by atoms with E-state index < -0.39 is 122 Å². The molecule has 2 heteroatoms. The predicted octanol–water partition coefficient (Wildman–Crippen LogP) is 10.2. The third kappa shape index (κ3) is 3.29. The summed E-state index contributed by atoms with van der Waals surface area (Å²) in [5.41, 5.74) is -2.51. The molecular formula is C38H28N2. The van der Waals surface area contributed by atoms with Crippen molar-refractivity contribution in [3.05, 3.63) is 144 Å². The summed E-state index contributed by atoms with van der Waals surface area (Å²) < 4.78 is 191. The maximum atomic E-state index is 8.83. The Morgan fingerprint density at radius 3 is 1.10 bits per heavy atom. The average Bonchev–Trinajstić information content (AvgIpc) is 3.78. The molecular weight excluding hydrogens is 484 g/mol. The number of hydrogen-bond acceptors (Lipinski definition) is 0. The quantitative estimate of drug-likeness (QED) is 0.213. The van der Waals surface area contributed by atoms with E-state index in [0.29, 0.717) is 0 Å². The fraction of sp³-hybridized carbons (Fsp3) is 0.0526. The van der Waals surface area contributed by atoms with E-state index in [1.807, 2.05) is 0 Å². The first-order valence-electron chi connectivity index (χ1n) is 23.1. The first-order chi connectivity index (χ1) is 28.7. The lowest BCUT2D eigenvalue weighted by atomic mass is 9.95. The van der Waals surface area contributed by atoms with E-state index in [4.69, 9.17) is 30.2 Å². The SMILES string of the molecule is [2H]c1c([2H])c([2H])c2c(c1[2H])c1c([2H])c([2H])c([2H])c([2H])c1n2-c1ccc(-c2ccc(-n3c4c([2H])c([2H])c([2H])c([2H])c4c4c([2H])c([2H])c([2H])c([2H])c43)cc2C([2H])([2H])[2H])c(C([2H])([2H])[2H])c1. The van der Waals surface area contributed by atoms with E-state index in [2.05, 4.69) is 0 Å². The number of benzene rings is 6. The fourth-order valence-corrected chi connectivity index (χ4v) is 5.17. The molecule has 2 aromatic heterocycles.